The Morgan fingerprint density at radius 3 is 2.18 bits per heavy atom. The van der Waals surface area contributed by atoms with Crippen molar-refractivity contribution in [3.63, 3.8) is 0 Å². The number of nitrogens with one attached hydrogen (secondary N) is 3. The van der Waals surface area contributed by atoms with Gasteiger partial charge in [-0.2, -0.15) is 0 Å². The third-order valence-electron chi connectivity index (χ3n) is 10.9. The topological polar surface area (TPSA) is 180 Å². The van der Waals surface area contributed by atoms with E-state index in [1.54, 1.807) is 54.6 Å². The molecule has 8 rings (SSSR count). The first-order chi connectivity index (χ1) is 29.1. The summed E-state index contributed by atoms with van der Waals surface area (Å²) in [6.07, 6.45) is -1.19. The highest BCUT2D eigenvalue weighted by atomic mass is 19.3. The van der Waals surface area contributed by atoms with Crippen molar-refractivity contribution in [1.82, 2.24) is 9.97 Å². The first-order valence-corrected chi connectivity index (χ1v) is 19.9. The average Bonchev–Trinajstić information content (AvgIpc) is 3.95. The van der Waals surface area contributed by atoms with Crippen molar-refractivity contribution in [3.8, 4) is 28.5 Å². The number of pyridine rings is 2. The maximum Gasteiger partial charge on any atom is 0.586 e. The Bertz CT molecular complexity index is 2840. The number of fused-ring (bicyclic) bond motifs is 2. The van der Waals surface area contributed by atoms with Crippen LogP contribution < -0.4 is 25.5 Å². The molecule has 14 heteroatoms. The van der Waals surface area contributed by atoms with Crippen LogP contribution in [0.4, 0.5) is 20.3 Å². The van der Waals surface area contributed by atoms with Crippen molar-refractivity contribution in [3.05, 3.63) is 141 Å². The highest BCUT2D eigenvalue weighted by molar-refractivity contribution is 6.06. The summed E-state index contributed by atoms with van der Waals surface area (Å²) < 4.78 is 35.6. The van der Waals surface area contributed by atoms with Gasteiger partial charge in [-0.25, -0.2) is 9.78 Å². The number of phenolic OH excluding ortho intramolecular Hbond substituents is 1. The fraction of sp³-hybridized carbons (Fsp3) is 0.271. The van der Waals surface area contributed by atoms with Crippen molar-refractivity contribution in [2.75, 3.05) is 10.6 Å². The number of aryl methyl sites for hydroxylation is 1. The lowest BCUT2D eigenvalue weighted by atomic mass is 9.79. The normalized spacial score (nSPS) is 14.7. The number of rotatable bonds is 7. The highest BCUT2D eigenvalue weighted by Gasteiger charge is 2.53. The average molecular weight is 845 g/mol. The predicted molar refractivity (Wildman–Crippen MR) is 232 cm³/mol. The number of amides is 2. The number of aromatic amines is 1. The number of anilines is 2. The fourth-order valence-corrected chi connectivity index (χ4v) is 7.38. The number of aromatic carboxylic acids is 1. The Labute approximate surface area is 356 Å². The van der Waals surface area contributed by atoms with E-state index in [1.807, 2.05) is 60.6 Å². The molecular formula is C48H46F2N4O8. The van der Waals surface area contributed by atoms with Gasteiger partial charge in [-0.05, 0) is 101 Å². The zero-order valence-corrected chi connectivity index (χ0v) is 35.2. The smallest absolute Gasteiger partial charge is 0.508 e. The molecule has 2 amide bonds. The van der Waals surface area contributed by atoms with E-state index in [-0.39, 0.29) is 50.5 Å². The number of aromatic hydroxyl groups is 1. The number of phenols is 1. The minimum Gasteiger partial charge on any atom is -0.508 e. The standard InChI is InChI=1S/C24H18F2N2O5.C24H28N2O3/c1-13-5-8-19(27-20(13)14-3-2-4-15(11-14)21(29)30)28-22(31)23(9-10-23)16-6-7-17-18(12-16)33-24(25,26)32-17;1-23(2,3)16-11-17(24(4,5)6)20(27)12-19(16)26-22(29)15-13-25-18-10-8-7-9-14(18)21(15)28/h2-8,11-12H,9-10H2,1H3,(H,29,30)(H,27,28,31);7-13,27H,1-6H3,(H,25,28)(H,26,29). The molecule has 3 heterocycles. The van der Waals surface area contributed by atoms with E-state index in [2.05, 4.69) is 30.1 Å². The first kappa shape index (κ1) is 43.0. The van der Waals surface area contributed by atoms with Crippen LogP contribution in [0.15, 0.2) is 102 Å². The molecule has 12 nitrogen and oxygen atoms in total. The number of alkyl halides is 2. The van der Waals surface area contributed by atoms with Crippen molar-refractivity contribution in [2.45, 2.75) is 83.8 Å². The van der Waals surface area contributed by atoms with E-state index in [0.29, 0.717) is 52.1 Å². The third kappa shape index (κ3) is 8.71. The van der Waals surface area contributed by atoms with Gasteiger partial charge in [-0.1, -0.05) is 77.9 Å². The van der Waals surface area contributed by atoms with E-state index in [9.17, 15) is 38.2 Å². The van der Waals surface area contributed by atoms with E-state index < -0.39 is 23.6 Å². The van der Waals surface area contributed by atoms with Gasteiger partial charge in [-0.3, -0.25) is 14.4 Å². The molecule has 320 valence electrons. The highest BCUT2D eigenvalue weighted by Crippen LogP contribution is 2.52. The molecule has 5 N–H and O–H groups in total. The lowest BCUT2D eigenvalue weighted by Crippen LogP contribution is -2.28. The van der Waals surface area contributed by atoms with E-state index in [0.717, 1.165) is 16.7 Å². The number of H-pyrrole nitrogens is 1. The summed E-state index contributed by atoms with van der Waals surface area (Å²) in [6, 6.07) is 24.8. The number of carbonyl (C=O) groups is 3. The van der Waals surface area contributed by atoms with Crippen molar-refractivity contribution >= 4 is 40.2 Å². The van der Waals surface area contributed by atoms with Gasteiger partial charge in [0.05, 0.1) is 16.7 Å². The van der Waals surface area contributed by atoms with Gasteiger partial charge in [0.2, 0.25) is 11.3 Å². The zero-order valence-electron chi connectivity index (χ0n) is 35.2. The lowest BCUT2D eigenvalue weighted by molar-refractivity contribution is -0.286. The SMILES string of the molecule is CC(C)(C)c1cc(C(C)(C)C)c(NC(=O)c2c[nH]c3ccccc3c2=O)cc1O.Cc1ccc(NC(=O)C2(c3ccc4c(c3)OC(F)(F)O4)CC2)nc1-c1cccc(C(=O)O)c1. The number of carbonyl (C=O) groups excluding carboxylic acids is 2. The summed E-state index contributed by atoms with van der Waals surface area (Å²) in [6.45, 7) is 14.1. The van der Waals surface area contributed by atoms with E-state index >= 15 is 0 Å². The number of hydrogen-bond donors (Lipinski definition) is 5. The second-order valence-electron chi connectivity index (χ2n) is 17.6. The molecule has 62 heavy (non-hydrogen) atoms. The maximum absolute atomic E-state index is 13.3. The Balaban J connectivity index is 0.000000188. The van der Waals surface area contributed by atoms with Crippen LogP contribution in [0.5, 0.6) is 17.2 Å². The summed E-state index contributed by atoms with van der Waals surface area (Å²) in [4.78, 5) is 57.7. The molecule has 1 fully saturated rings. The van der Waals surface area contributed by atoms with Gasteiger partial charge < -0.3 is 35.3 Å². The second-order valence-corrected chi connectivity index (χ2v) is 17.6. The molecule has 2 aliphatic rings. The fourth-order valence-electron chi connectivity index (χ4n) is 7.38. The number of carboxylic acids is 1. The van der Waals surface area contributed by atoms with Crippen LogP contribution in [-0.2, 0) is 21.0 Å². The Morgan fingerprint density at radius 2 is 1.50 bits per heavy atom. The molecule has 4 aromatic carbocycles. The van der Waals surface area contributed by atoms with Crippen LogP contribution in [0.2, 0.25) is 0 Å². The Hall–Kier alpha value is -7.09. The van der Waals surface area contributed by atoms with Gasteiger partial charge in [0, 0.05) is 34.4 Å². The van der Waals surface area contributed by atoms with E-state index in [4.69, 9.17) is 0 Å². The van der Waals surface area contributed by atoms with Crippen LogP contribution in [-0.4, -0.2) is 44.3 Å². The zero-order chi connectivity index (χ0) is 44.9. The molecule has 0 atom stereocenters. The number of nitrogens with zero attached hydrogens (tertiary/aromatic N) is 1. The van der Waals surface area contributed by atoms with Gasteiger partial charge in [0.25, 0.3) is 5.91 Å². The summed E-state index contributed by atoms with van der Waals surface area (Å²) >= 11 is 0. The van der Waals surface area contributed by atoms with Crippen molar-refractivity contribution in [1.29, 1.82) is 0 Å². The molecule has 0 spiro atoms. The molecule has 1 saturated carbocycles. The first-order valence-electron chi connectivity index (χ1n) is 19.9. The molecule has 1 aliphatic heterocycles. The minimum atomic E-state index is -3.72. The van der Waals surface area contributed by atoms with Crippen LogP contribution in [0.25, 0.3) is 22.2 Å². The minimum absolute atomic E-state index is 0.0305. The van der Waals surface area contributed by atoms with Crippen LogP contribution in [0, 0.1) is 6.92 Å². The van der Waals surface area contributed by atoms with Gasteiger partial charge in [0.1, 0.15) is 17.1 Å². The van der Waals surface area contributed by atoms with Crippen LogP contribution in [0.3, 0.4) is 0 Å². The second kappa shape index (κ2) is 15.7. The molecule has 6 aromatic rings. The number of carboxylic acid groups (broad SMARTS) is 1. The van der Waals surface area contributed by atoms with Crippen LogP contribution >= 0.6 is 0 Å². The number of halogens is 2. The lowest BCUT2D eigenvalue weighted by Gasteiger charge is -2.28. The van der Waals surface area contributed by atoms with Crippen LogP contribution in [0.1, 0.15) is 97.4 Å². The molecule has 1 aliphatic carbocycles. The molecule has 2 aromatic heterocycles. The monoisotopic (exact) mass is 844 g/mol. The number of ether oxygens (including phenoxy) is 2. The molecule has 0 bridgehead atoms. The summed E-state index contributed by atoms with van der Waals surface area (Å²) in [5.41, 5.74) is 3.86. The molecule has 0 unspecified atom stereocenters. The van der Waals surface area contributed by atoms with Gasteiger partial charge >= 0.3 is 12.3 Å². The largest absolute Gasteiger partial charge is 0.586 e. The quantitative estimate of drug-likeness (QED) is 0.105. The predicted octanol–water partition coefficient (Wildman–Crippen LogP) is 9.83. The number of aromatic nitrogens is 2. The van der Waals surface area contributed by atoms with E-state index in [1.165, 1.54) is 30.5 Å². The molecule has 0 radical (unpaired) electrons. The van der Waals surface area contributed by atoms with Crippen molar-refractivity contribution < 1.29 is 42.9 Å². The Kier molecular flexibility index (Phi) is 10.9. The summed E-state index contributed by atoms with van der Waals surface area (Å²) in [5, 5.41) is 25.9. The molecule has 0 saturated heterocycles. The maximum atomic E-state index is 13.3. The third-order valence-corrected chi connectivity index (χ3v) is 10.9. The van der Waals surface area contributed by atoms with Crippen molar-refractivity contribution in [2.24, 2.45) is 0 Å². The molecular weight excluding hydrogens is 799 g/mol. The number of benzene rings is 4. The number of para-hydroxylation sites is 1. The van der Waals surface area contributed by atoms with Gasteiger partial charge in [0.15, 0.2) is 11.5 Å². The van der Waals surface area contributed by atoms with Gasteiger partial charge in [-0.15, -0.1) is 8.78 Å². The number of hydrogen-bond acceptors (Lipinski definition) is 8. The summed E-state index contributed by atoms with van der Waals surface area (Å²) in [7, 11) is 0. The summed E-state index contributed by atoms with van der Waals surface area (Å²) in [5.74, 6) is -1.62. The Morgan fingerprint density at radius 1 is 0.806 bits per heavy atom.